The summed E-state index contributed by atoms with van der Waals surface area (Å²) >= 11 is 0. The maximum absolute atomic E-state index is 15.6. The number of fused-ring (bicyclic) bond motifs is 3. The number of hydrogen-bond acceptors (Lipinski definition) is 9. The molecule has 0 bridgehead atoms. The van der Waals surface area contributed by atoms with E-state index in [1.54, 1.807) is 76.4 Å². The fraction of sp³-hybridized carbons (Fsp3) is 0.271. The van der Waals surface area contributed by atoms with Crippen molar-refractivity contribution >= 4 is 27.7 Å². The first-order valence-electron chi connectivity index (χ1n) is 21.4. The van der Waals surface area contributed by atoms with Gasteiger partial charge in [-0.3, -0.25) is 28.1 Å². The van der Waals surface area contributed by atoms with E-state index in [0.717, 1.165) is 38.5 Å². The third-order valence-corrected chi connectivity index (χ3v) is 13.6. The number of nitrogens with one attached hydrogen (secondary N) is 1. The highest BCUT2D eigenvalue weighted by atomic mass is 19.1. The number of methoxy groups -OCH3 is 1. The Morgan fingerprint density at radius 3 is 2.42 bits per heavy atom. The average Bonchev–Trinajstić information content (AvgIpc) is 3.93. The van der Waals surface area contributed by atoms with Crippen LogP contribution in [0.4, 0.5) is 4.39 Å². The Labute approximate surface area is 370 Å². The van der Waals surface area contributed by atoms with Crippen LogP contribution in [0.15, 0.2) is 99.6 Å². The van der Waals surface area contributed by atoms with E-state index in [4.69, 9.17) is 14.4 Å². The number of amides is 1. The van der Waals surface area contributed by atoms with Crippen molar-refractivity contribution in [2.45, 2.75) is 59.0 Å². The highest BCUT2D eigenvalue weighted by Gasteiger charge is 2.59. The van der Waals surface area contributed by atoms with Gasteiger partial charge in [0, 0.05) is 66.0 Å². The number of carbonyl (C=O) groups excluding carboxylic acids is 1. The molecule has 1 aliphatic heterocycles. The van der Waals surface area contributed by atoms with E-state index in [2.05, 4.69) is 27.1 Å². The number of benzene rings is 3. The minimum Gasteiger partial charge on any atom is -0.481 e. The highest BCUT2D eigenvalue weighted by molar-refractivity contribution is 6.01. The van der Waals surface area contributed by atoms with Gasteiger partial charge in [-0.05, 0) is 117 Å². The van der Waals surface area contributed by atoms with Gasteiger partial charge in [0.15, 0.2) is 5.82 Å². The molecule has 16 nitrogen and oxygen atoms in total. The number of imidazole rings is 1. The molecular formula is C48H44FN11O5. The lowest BCUT2D eigenvalue weighted by Crippen LogP contribution is -2.41. The predicted octanol–water partition coefficient (Wildman–Crippen LogP) is 7.01. The maximum Gasteiger partial charge on any atom is 0.438 e. The summed E-state index contributed by atoms with van der Waals surface area (Å²) in [7, 11) is 3.46. The molecule has 1 saturated carbocycles. The Bertz CT molecular complexity index is 3540. The van der Waals surface area contributed by atoms with E-state index >= 15 is 9.18 Å². The molecule has 2 aliphatic rings. The van der Waals surface area contributed by atoms with Gasteiger partial charge < -0.3 is 14.2 Å². The smallest absolute Gasteiger partial charge is 0.438 e. The molecule has 11 rings (SSSR count). The molecule has 65 heavy (non-hydrogen) atoms. The molecule has 328 valence electrons. The van der Waals surface area contributed by atoms with E-state index in [1.807, 2.05) is 78.9 Å². The quantitative estimate of drug-likeness (QED) is 0.169. The second kappa shape index (κ2) is 14.4. The zero-order chi connectivity index (χ0) is 45.2. The van der Waals surface area contributed by atoms with E-state index in [1.165, 1.54) is 0 Å². The molecule has 1 aliphatic carbocycles. The Morgan fingerprint density at radius 1 is 0.938 bits per heavy atom. The molecule has 7 heterocycles. The number of carbonyl (C=O) groups is 1. The van der Waals surface area contributed by atoms with Gasteiger partial charge in [-0.2, -0.15) is 10.2 Å². The monoisotopic (exact) mass is 873 g/mol. The second-order valence-corrected chi connectivity index (χ2v) is 17.4. The van der Waals surface area contributed by atoms with Crippen LogP contribution in [0, 0.1) is 32.5 Å². The van der Waals surface area contributed by atoms with Crippen LogP contribution >= 0.6 is 0 Å². The number of aromatic amines is 1. The number of ether oxygens (including phenoxy) is 1. The number of hydrogen-bond donors (Lipinski definition) is 1. The number of halogens is 1. The summed E-state index contributed by atoms with van der Waals surface area (Å²) in [5.74, 6) is 0.0481. The Kier molecular flexibility index (Phi) is 8.83. The van der Waals surface area contributed by atoms with Crippen LogP contribution in [0.25, 0.3) is 50.1 Å². The summed E-state index contributed by atoms with van der Waals surface area (Å²) in [5.41, 5.74) is 7.11. The minimum absolute atomic E-state index is 0.00982. The summed E-state index contributed by atoms with van der Waals surface area (Å²) in [6, 6.07) is 18.4. The second-order valence-electron chi connectivity index (χ2n) is 17.4. The molecule has 9 aromatic rings. The largest absolute Gasteiger partial charge is 0.481 e. The SMILES string of the molecule is COc1nccc(-c2ccc3c(c2)cc(C(=O)N2CCc4nn(-c5cc(C)c(F)c(C)c5)c(-n5ccn(-c6ccc7c(cnn7C)c6)c5=O)c4[C@@H]2C)n3[C@@]2(c3noc(=O)[nH]3)C[C@@H]2C)c1C. The van der Waals surface area contributed by atoms with Crippen LogP contribution in [-0.2, 0) is 19.0 Å². The molecule has 0 radical (unpaired) electrons. The molecule has 0 saturated heterocycles. The first-order chi connectivity index (χ1) is 31.3. The van der Waals surface area contributed by atoms with Crippen molar-refractivity contribution in [3.8, 4) is 34.2 Å². The van der Waals surface area contributed by atoms with Crippen LogP contribution in [0.5, 0.6) is 5.88 Å². The summed E-state index contributed by atoms with van der Waals surface area (Å²) in [6.45, 7) is 9.68. The van der Waals surface area contributed by atoms with E-state index in [-0.39, 0.29) is 23.3 Å². The Hall–Kier alpha value is -7.82. The lowest BCUT2D eigenvalue weighted by Gasteiger charge is -2.34. The lowest BCUT2D eigenvalue weighted by atomic mass is 9.98. The van der Waals surface area contributed by atoms with Crippen molar-refractivity contribution < 1.29 is 18.4 Å². The van der Waals surface area contributed by atoms with Crippen molar-refractivity contribution in [3.63, 3.8) is 0 Å². The number of aryl methyl sites for hydroxylation is 3. The van der Waals surface area contributed by atoms with E-state index < -0.39 is 17.3 Å². The normalized spacial score (nSPS) is 18.2. The Morgan fingerprint density at radius 2 is 1.69 bits per heavy atom. The van der Waals surface area contributed by atoms with E-state index in [9.17, 15) is 9.59 Å². The van der Waals surface area contributed by atoms with Crippen molar-refractivity contribution in [1.29, 1.82) is 0 Å². The van der Waals surface area contributed by atoms with Crippen molar-refractivity contribution in [3.05, 3.63) is 152 Å². The number of nitrogens with zero attached hydrogens (tertiary/aromatic N) is 10. The first-order valence-corrected chi connectivity index (χ1v) is 21.4. The van der Waals surface area contributed by atoms with Crippen molar-refractivity contribution in [2.75, 3.05) is 13.7 Å². The third-order valence-electron chi connectivity index (χ3n) is 13.6. The molecule has 3 aromatic carbocycles. The molecule has 3 atom stereocenters. The number of aromatic nitrogens is 10. The molecule has 17 heteroatoms. The van der Waals surface area contributed by atoms with Gasteiger partial charge in [0.25, 0.3) is 5.91 Å². The zero-order valence-corrected chi connectivity index (χ0v) is 36.8. The number of H-pyrrole nitrogens is 1. The van der Waals surface area contributed by atoms with Crippen LogP contribution in [0.1, 0.15) is 70.6 Å². The predicted molar refractivity (Wildman–Crippen MR) is 240 cm³/mol. The molecule has 1 N–H and O–H groups in total. The molecule has 1 amide bonds. The van der Waals surface area contributed by atoms with Gasteiger partial charge in [0.1, 0.15) is 22.9 Å². The van der Waals surface area contributed by atoms with Crippen LogP contribution in [-0.4, -0.2) is 72.8 Å². The number of rotatable bonds is 8. The van der Waals surface area contributed by atoms with Gasteiger partial charge in [-0.25, -0.2) is 23.6 Å². The van der Waals surface area contributed by atoms with Crippen LogP contribution in [0.2, 0.25) is 0 Å². The standard InChI is InChI=1S/C48H44FN11O5/c1-25-18-34(19-26(2)41(25)49)60-43(58-17-16-57(47(58)63)33-9-11-37-32(21-33)24-51-55(37)6)40-29(5)56(15-13-36(40)53-60)44(61)39-22-31-20-30(35-12-14-50-42(64-7)28(35)4)8-10-38(31)59(39)48(23-27(48)3)45-52-46(62)65-54-45/h8-12,14,16-22,24,27,29H,13,15,23H2,1-7H3,(H,52,54,62)/t27-,29-,48-/m0/s1. The van der Waals surface area contributed by atoms with Gasteiger partial charge in [-0.1, -0.05) is 18.1 Å². The fourth-order valence-electron chi connectivity index (χ4n) is 10.1. The van der Waals surface area contributed by atoms with E-state index in [0.29, 0.717) is 76.4 Å². The third kappa shape index (κ3) is 5.90. The summed E-state index contributed by atoms with van der Waals surface area (Å²) in [4.78, 5) is 51.7. The van der Waals surface area contributed by atoms with Gasteiger partial charge in [0.05, 0.1) is 41.9 Å². The van der Waals surface area contributed by atoms with Gasteiger partial charge >= 0.3 is 11.4 Å². The maximum atomic E-state index is 15.6. The highest BCUT2D eigenvalue weighted by Crippen LogP contribution is 2.56. The van der Waals surface area contributed by atoms with Crippen LogP contribution < -0.4 is 16.2 Å². The minimum atomic E-state index is -0.871. The topological polar surface area (TPSA) is 169 Å². The Balaban J connectivity index is 1.07. The summed E-state index contributed by atoms with van der Waals surface area (Å²) in [5, 5.41) is 15.3. The molecule has 1 fully saturated rings. The molecule has 6 aromatic heterocycles. The lowest BCUT2D eigenvalue weighted by molar-refractivity contribution is 0.0663. The first kappa shape index (κ1) is 40.0. The fourth-order valence-corrected chi connectivity index (χ4v) is 10.1. The number of pyridine rings is 1. The van der Waals surface area contributed by atoms with Crippen molar-refractivity contribution in [2.24, 2.45) is 13.0 Å². The summed E-state index contributed by atoms with van der Waals surface area (Å²) in [6.07, 6.45) is 7.85. The summed E-state index contributed by atoms with van der Waals surface area (Å²) < 4.78 is 34.3. The average molecular weight is 874 g/mol. The van der Waals surface area contributed by atoms with Gasteiger partial charge in [0.2, 0.25) is 5.88 Å². The van der Waals surface area contributed by atoms with Crippen molar-refractivity contribution in [1.82, 2.24) is 53.3 Å². The zero-order valence-electron chi connectivity index (χ0n) is 36.8. The van der Waals surface area contributed by atoms with Gasteiger partial charge in [-0.15, -0.1) is 0 Å². The molecular weight excluding hydrogens is 830 g/mol. The van der Waals surface area contributed by atoms with Crippen LogP contribution in [0.3, 0.4) is 0 Å². The molecule has 0 unspecified atom stereocenters. The molecule has 0 spiro atoms.